The minimum atomic E-state index is -0.575. The monoisotopic (exact) mass is 495 g/mol. The summed E-state index contributed by atoms with van der Waals surface area (Å²) in [7, 11) is 1.72. The minimum Gasteiger partial charge on any atom is -0.368 e. The van der Waals surface area contributed by atoms with Gasteiger partial charge in [0, 0.05) is 25.7 Å². The lowest BCUT2D eigenvalue weighted by Gasteiger charge is -2.13. The maximum Gasteiger partial charge on any atom is 0.251 e. The highest BCUT2D eigenvalue weighted by atomic mass is 127. The lowest BCUT2D eigenvalue weighted by atomic mass is 10.1. The minimum absolute atomic E-state index is 0. The Hall–Kier alpha value is -2.62. The average molecular weight is 495 g/mol. The third-order valence-electron chi connectivity index (χ3n) is 4.03. The quantitative estimate of drug-likeness (QED) is 0.266. The molecule has 2 aromatic carbocycles. The summed E-state index contributed by atoms with van der Waals surface area (Å²) in [6.07, 6.45) is 0. The van der Waals surface area contributed by atoms with Gasteiger partial charge in [-0.15, -0.1) is 24.0 Å². The number of benzene rings is 2. The van der Waals surface area contributed by atoms with Gasteiger partial charge in [-0.25, -0.2) is 0 Å². The topological polar surface area (TPSA) is 109 Å². The molecule has 0 aliphatic rings. The van der Waals surface area contributed by atoms with Gasteiger partial charge in [0.25, 0.3) is 5.91 Å². The first-order chi connectivity index (χ1) is 13.0. The van der Waals surface area contributed by atoms with Crippen molar-refractivity contribution < 1.29 is 9.59 Å². The second-order valence-electron chi connectivity index (χ2n) is 6.05. The van der Waals surface area contributed by atoms with Crippen LogP contribution < -0.4 is 21.7 Å². The number of nitrogens with two attached hydrogens (primary N) is 1. The van der Waals surface area contributed by atoms with Crippen molar-refractivity contribution in [3.8, 4) is 0 Å². The Morgan fingerprint density at radius 2 is 1.61 bits per heavy atom. The van der Waals surface area contributed by atoms with Gasteiger partial charge < -0.3 is 21.7 Å². The molecule has 0 atom stereocenters. The molecule has 8 heteroatoms. The first kappa shape index (κ1) is 23.4. The van der Waals surface area contributed by atoms with Crippen molar-refractivity contribution in [2.24, 2.45) is 10.7 Å². The van der Waals surface area contributed by atoms with Crippen LogP contribution in [0, 0.1) is 6.92 Å². The van der Waals surface area contributed by atoms with Crippen molar-refractivity contribution in [3.05, 3.63) is 70.8 Å². The lowest BCUT2D eigenvalue weighted by molar-refractivity contribution is -0.117. The summed E-state index contributed by atoms with van der Waals surface area (Å²) in [5.74, 6) is -0.209. The summed E-state index contributed by atoms with van der Waals surface area (Å²) in [5.41, 5.74) is 8.93. The van der Waals surface area contributed by atoms with Crippen LogP contribution in [0.4, 0.5) is 0 Å². The molecule has 2 amide bonds. The number of carbonyl (C=O) groups excluding carboxylic acids is 2. The number of rotatable bonds is 7. The van der Waals surface area contributed by atoms with Gasteiger partial charge in [-0.2, -0.15) is 0 Å². The van der Waals surface area contributed by atoms with E-state index in [-0.39, 0.29) is 36.4 Å². The normalized spacial score (nSPS) is 10.6. The average Bonchev–Trinajstić information content (AvgIpc) is 2.68. The maximum atomic E-state index is 11.9. The van der Waals surface area contributed by atoms with Gasteiger partial charge in [-0.3, -0.25) is 14.6 Å². The number of amides is 2. The standard InChI is InChI=1S/C20H25N5O2.HI/c1-14-5-3-4-6-17(14)12-25-20(22-2)24-11-15-7-9-16(10-8-15)19(27)23-13-18(21)26;/h3-10H,11-13H2,1-2H3,(H2,21,26)(H,23,27)(H2,22,24,25);1H. The van der Waals surface area contributed by atoms with Crippen LogP contribution in [0.5, 0.6) is 0 Å². The van der Waals surface area contributed by atoms with E-state index in [2.05, 4.69) is 40.0 Å². The van der Waals surface area contributed by atoms with Gasteiger partial charge in [-0.1, -0.05) is 36.4 Å². The fourth-order valence-electron chi connectivity index (χ4n) is 2.44. The molecule has 0 heterocycles. The largest absolute Gasteiger partial charge is 0.368 e. The number of primary amides is 1. The third kappa shape index (κ3) is 7.55. The van der Waals surface area contributed by atoms with Crippen LogP contribution >= 0.6 is 24.0 Å². The summed E-state index contributed by atoms with van der Waals surface area (Å²) in [6.45, 7) is 3.15. The SMILES string of the molecule is CN=C(NCc1ccc(C(=O)NCC(N)=O)cc1)NCc1ccccc1C.I. The lowest BCUT2D eigenvalue weighted by Crippen LogP contribution is -2.36. The molecule has 0 aromatic heterocycles. The van der Waals surface area contributed by atoms with Crippen LogP contribution in [0.25, 0.3) is 0 Å². The molecule has 0 unspecified atom stereocenters. The number of hydrogen-bond donors (Lipinski definition) is 4. The number of hydrogen-bond acceptors (Lipinski definition) is 3. The van der Waals surface area contributed by atoms with Crippen LogP contribution in [-0.2, 0) is 17.9 Å². The number of aliphatic imine (C=N–C) groups is 1. The van der Waals surface area contributed by atoms with E-state index in [0.29, 0.717) is 24.6 Å². The van der Waals surface area contributed by atoms with E-state index < -0.39 is 5.91 Å². The van der Waals surface area contributed by atoms with Crippen molar-refractivity contribution in [1.29, 1.82) is 0 Å². The van der Waals surface area contributed by atoms with E-state index >= 15 is 0 Å². The van der Waals surface area contributed by atoms with Crippen LogP contribution in [0.1, 0.15) is 27.0 Å². The number of aryl methyl sites for hydroxylation is 1. The van der Waals surface area contributed by atoms with Gasteiger partial charge >= 0.3 is 0 Å². The van der Waals surface area contributed by atoms with E-state index in [9.17, 15) is 9.59 Å². The van der Waals surface area contributed by atoms with Crippen molar-refractivity contribution in [1.82, 2.24) is 16.0 Å². The third-order valence-corrected chi connectivity index (χ3v) is 4.03. The summed E-state index contributed by atoms with van der Waals surface area (Å²) < 4.78 is 0. The summed E-state index contributed by atoms with van der Waals surface area (Å²) in [4.78, 5) is 26.8. The number of carbonyl (C=O) groups is 2. The van der Waals surface area contributed by atoms with Crippen molar-refractivity contribution >= 4 is 41.8 Å². The zero-order valence-electron chi connectivity index (χ0n) is 16.0. The van der Waals surface area contributed by atoms with E-state index in [0.717, 1.165) is 5.56 Å². The Balaban J connectivity index is 0.00000392. The molecule has 0 fully saturated rings. The van der Waals surface area contributed by atoms with E-state index in [1.165, 1.54) is 11.1 Å². The Morgan fingerprint density at radius 3 is 2.21 bits per heavy atom. The molecule has 7 nitrogen and oxygen atoms in total. The molecular formula is C20H26IN5O2. The molecule has 0 bridgehead atoms. The molecule has 0 aliphatic carbocycles. The van der Waals surface area contributed by atoms with Crippen molar-refractivity contribution in [2.75, 3.05) is 13.6 Å². The number of nitrogens with one attached hydrogen (secondary N) is 3. The van der Waals surface area contributed by atoms with Crippen LogP contribution in [0.2, 0.25) is 0 Å². The van der Waals surface area contributed by atoms with E-state index in [1.54, 1.807) is 19.2 Å². The van der Waals surface area contributed by atoms with E-state index in [1.807, 2.05) is 24.3 Å². The summed E-state index contributed by atoms with van der Waals surface area (Å²) >= 11 is 0. The first-order valence-corrected chi connectivity index (χ1v) is 8.64. The van der Waals surface area contributed by atoms with Crippen LogP contribution in [0.3, 0.4) is 0 Å². The number of nitrogens with zero attached hydrogens (tertiary/aromatic N) is 1. The Bertz CT molecular complexity index is 822. The summed E-state index contributed by atoms with van der Waals surface area (Å²) in [6, 6.07) is 15.3. The second-order valence-corrected chi connectivity index (χ2v) is 6.05. The van der Waals surface area contributed by atoms with Gasteiger partial charge in [0.05, 0.1) is 6.54 Å². The Morgan fingerprint density at radius 1 is 0.964 bits per heavy atom. The molecule has 0 aliphatic heterocycles. The molecule has 0 saturated heterocycles. The van der Waals surface area contributed by atoms with E-state index in [4.69, 9.17) is 5.73 Å². The van der Waals surface area contributed by atoms with Crippen molar-refractivity contribution in [3.63, 3.8) is 0 Å². The zero-order chi connectivity index (χ0) is 19.6. The molecular weight excluding hydrogens is 469 g/mol. The van der Waals surface area contributed by atoms with Gasteiger partial charge in [0.2, 0.25) is 5.91 Å². The molecule has 0 saturated carbocycles. The Kier molecular flexibility index (Phi) is 10.0. The zero-order valence-corrected chi connectivity index (χ0v) is 18.3. The van der Waals surface area contributed by atoms with Crippen LogP contribution in [-0.4, -0.2) is 31.4 Å². The highest BCUT2D eigenvalue weighted by Crippen LogP contribution is 2.06. The maximum absolute atomic E-state index is 11.9. The van der Waals surface area contributed by atoms with Crippen LogP contribution in [0.15, 0.2) is 53.5 Å². The number of guanidine groups is 1. The molecule has 0 radical (unpaired) electrons. The molecule has 2 aromatic rings. The highest BCUT2D eigenvalue weighted by Gasteiger charge is 2.06. The van der Waals surface area contributed by atoms with Gasteiger partial charge in [-0.05, 0) is 35.7 Å². The predicted molar refractivity (Wildman–Crippen MR) is 122 cm³/mol. The molecule has 2 rings (SSSR count). The smallest absolute Gasteiger partial charge is 0.251 e. The Labute approximate surface area is 182 Å². The van der Waals surface area contributed by atoms with Crippen molar-refractivity contribution in [2.45, 2.75) is 20.0 Å². The highest BCUT2D eigenvalue weighted by molar-refractivity contribution is 14.0. The van der Waals surface area contributed by atoms with Gasteiger partial charge in [0.1, 0.15) is 0 Å². The fourth-order valence-corrected chi connectivity index (χ4v) is 2.44. The van der Waals surface area contributed by atoms with Gasteiger partial charge in [0.15, 0.2) is 5.96 Å². The fraction of sp³-hybridized carbons (Fsp3) is 0.250. The second kappa shape index (κ2) is 12.0. The molecule has 150 valence electrons. The molecule has 0 spiro atoms. The first-order valence-electron chi connectivity index (χ1n) is 8.64. The molecule has 5 N–H and O–H groups in total. The number of halogens is 1. The molecule has 28 heavy (non-hydrogen) atoms. The predicted octanol–water partition coefficient (Wildman–Crippen LogP) is 1.69. The summed E-state index contributed by atoms with van der Waals surface area (Å²) in [5, 5.41) is 8.98.